The van der Waals surface area contributed by atoms with Crippen molar-refractivity contribution in [1.29, 1.82) is 0 Å². The Kier molecular flexibility index (Phi) is 4.75. The Labute approximate surface area is 131 Å². The van der Waals surface area contributed by atoms with Crippen LogP contribution in [0.4, 0.5) is 9.18 Å². The Morgan fingerprint density at radius 2 is 2.14 bits per heavy atom. The van der Waals surface area contributed by atoms with Crippen LogP contribution in [0.25, 0.3) is 0 Å². The number of aryl methyl sites for hydroxylation is 1. The molecule has 2 unspecified atom stereocenters. The van der Waals surface area contributed by atoms with Crippen LogP contribution in [-0.2, 0) is 4.74 Å². The van der Waals surface area contributed by atoms with Crippen molar-refractivity contribution < 1.29 is 13.9 Å². The molecular weight excluding hydrogens is 283 g/mol. The number of hydrogen-bond donors (Lipinski definition) is 1. The summed E-state index contributed by atoms with van der Waals surface area (Å²) in [5.41, 5.74) is 7.22. The fraction of sp³-hybridized carbons (Fsp3) is 0.588. The smallest absolute Gasteiger partial charge is 0.410 e. The van der Waals surface area contributed by atoms with E-state index < -0.39 is 5.60 Å². The summed E-state index contributed by atoms with van der Waals surface area (Å²) in [6.07, 6.45) is 1.40. The molecule has 0 aliphatic carbocycles. The van der Waals surface area contributed by atoms with E-state index in [4.69, 9.17) is 10.5 Å². The van der Waals surface area contributed by atoms with Crippen molar-refractivity contribution in [3.63, 3.8) is 0 Å². The maximum atomic E-state index is 13.4. The molecule has 1 aliphatic heterocycles. The summed E-state index contributed by atoms with van der Waals surface area (Å²) < 4.78 is 18.9. The fourth-order valence-corrected chi connectivity index (χ4v) is 2.81. The average molecular weight is 308 g/mol. The SMILES string of the molecule is Cc1cc(C(N)C2CCCN2C(=O)OC(C)(C)C)ccc1F. The van der Waals surface area contributed by atoms with Crippen LogP contribution >= 0.6 is 0 Å². The van der Waals surface area contributed by atoms with Gasteiger partial charge in [0.05, 0.1) is 12.1 Å². The number of carbonyl (C=O) groups is 1. The van der Waals surface area contributed by atoms with E-state index in [9.17, 15) is 9.18 Å². The molecule has 0 spiro atoms. The van der Waals surface area contributed by atoms with E-state index in [0.717, 1.165) is 18.4 Å². The number of nitrogens with zero attached hydrogens (tertiary/aromatic N) is 1. The number of benzene rings is 1. The van der Waals surface area contributed by atoms with Gasteiger partial charge in [-0.3, -0.25) is 0 Å². The molecule has 2 rings (SSSR count). The largest absolute Gasteiger partial charge is 0.444 e. The summed E-state index contributed by atoms with van der Waals surface area (Å²) in [6.45, 7) is 7.90. The highest BCUT2D eigenvalue weighted by molar-refractivity contribution is 5.69. The van der Waals surface area contributed by atoms with Gasteiger partial charge in [-0.1, -0.05) is 12.1 Å². The molecule has 1 aromatic rings. The van der Waals surface area contributed by atoms with Gasteiger partial charge in [0.25, 0.3) is 0 Å². The second-order valence-electron chi connectivity index (χ2n) is 6.92. The molecule has 5 heteroatoms. The number of likely N-dealkylation sites (tertiary alicyclic amines) is 1. The van der Waals surface area contributed by atoms with Gasteiger partial charge >= 0.3 is 6.09 Å². The normalized spacial score (nSPS) is 20.1. The van der Waals surface area contributed by atoms with Crippen molar-refractivity contribution in [2.45, 2.75) is 58.2 Å². The summed E-state index contributed by atoms with van der Waals surface area (Å²) in [6, 6.07) is 4.43. The summed E-state index contributed by atoms with van der Waals surface area (Å²) >= 11 is 0. The van der Waals surface area contributed by atoms with Crippen LogP contribution in [0, 0.1) is 12.7 Å². The third kappa shape index (κ3) is 3.77. The van der Waals surface area contributed by atoms with Crippen LogP contribution in [0.5, 0.6) is 0 Å². The zero-order valence-corrected chi connectivity index (χ0v) is 13.7. The zero-order valence-electron chi connectivity index (χ0n) is 13.7. The summed E-state index contributed by atoms with van der Waals surface area (Å²) in [4.78, 5) is 14.0. The Morgan fingerprint density at radius 3 is 2.73 bits per heavy atom. The van der Waals surface area contributed by atoms with E-state index in [1.165, 1.54) is 6.07 Å². The molecule has 2 N–H and O–H groups in total. The van der Waals surface area contributed by atoms with E-state index in [1.54, 1.807) is 24.0 Å². The Balaban J connectivity index is 2.15. The van der Waals surface area contributed by atoms with E-state index in [-0.39, 0.29) is 24.0 Å². The number of rotatable bonds is 2. The predicted octanol–water partition coefficient (Wildman–Crippen LogP) is 3.53. The molecule has 1 heterocycles. The van der Waals surface area contributed by atoms with E-state index in [1.807, 2.05) is 20.8 Å². The molecule has 22 heavy (non-hydrogen) atoms. The summed E-state index contributed by atoms with van der Waals surface area (Å²) in [5, 5.41) is 0. The summed E-state index contributed by atoms with van der Waals surface area (Å²) in [7, 11) is 0. The highest BCUT2D eigenvalue weighted by atomic mass is 19.1. The first-order valence-electron chi connectivity index (χ1n) is 7.70. The number of carbonyl (C=O) groups excluding carboxylic acids is 1. The van der Waals surface area contributed by atoms with Gasteiger partial charge in [0.15, 0.2) is 0 Å². The maximum absolute atomic E-state index is 13.4. The molecule has 1 amide bonds. The monoisotopic (exact) mass is 308 g/mol. The van der Waals surface area contributed by atoms with Crippen LogP contribution in [0.2, 0.25) is 0 Å². The molecule has 4 nitrogen and oxygen atoms in total. The molecule has 0 bridgehead atoms. The third-order valence-corrected chi connectivity index (χ3v) is 3.91. The minimum atomic E-state index is -0.527. The minimum Gasteiger partial charge on any atom is -0.444 e. The number of halogens is 1. The third-order valence-electron chi connectivity index (χ3n) is 3.91. The molecule has 0 aromatic heterocycles. The zero-order chi connectivity index (χ0) is 16.5. The van der Waals surface area contributed by atoms with Crippen molar-refractivity contribution in [1.82, 2.24) is 4.90 Å². The molecule has 2 atom stereocenters. The van der Waals surface area contributed by atoms with Gasteiger partial charge in [-0.15, -0.1) is 0 Å². The number of ether oxygens (including phenoxy) is 1. The van der Waals surface area contributed by atoms with Crippen molar-refractivity contribution >= 4 is 6.09 Å². The molecule has 1 aromatic carbocycles. The Hall–Kier alpha value is -1.62. The van der Waals surface area contributed by atoms with Crippen molar-refractivity contribution in [3.05, 3.63) is 35.1 Å². The maximum Gasteiger partial charge on any atom is 0.410 e. The van der Waals surface area contributed by atoms with Crippen LogP contribution < -0.4 is 5.73 Å². The lowest BCUT2D eigenvalue weighted by atomic mass is 9.97. The van der Waals surface area contributed by atoms with Gasteiger partial charge in [0.2, 0.25) is 0 Å². The average Bonchev–Trinajstić information content (AvgIpc) is 2.88. The molecule has 0 saturated carbocycles. The standard InChI is InChI=1S/C17H25FN2O2/c1-11-10-12(7-8-13(11)18)15(19)14-6-5-9-20(14)16(21)22-17(2,3)4/h7-8,10,14-15H,5-6,9,19H2,1-4H3. The second-order valence-corrected chi connectivity index (χ2v) is 6.92. The first-order valence-corrected chi connectivity index (χ1v) is 7.70. The number of hydrogen-bond acceptors (Lipinski definition) is 3. The van der Waals surface area contributed by atoms with Gasteiger partial charge in [-0.2, -0.15) is 0 Å². The lowest BCUT2D eigenvalue weighted by Crippen LogP contribution is -2.44. The van der Waals surface area contributed by atoms with Gasteiger partial charge in [-0.25, -0.2) is 9.18 Å². The van der Waals surface area contributed by atoms with Crippen LogP contribution in [0.3, 0.4) is 0 Å². The first kappa shape index (κ1) is 16.7. The van der Waals surface area contributed by atoms with Crippen LogP contribution in [0.15, 0.2) is 18.2 Å². The quantitative estimate of drug-likeness (QED) is 0.909. The number of nitrogens with two attached hydrogens (primary N) is 1. The van der Waals surface area contributed by atoms with Crippen molar-refractivity contribution in [2.24, 2.45) is 5.73 Å². The predicted molar refractivity (Wildman–Crippen MR) is 84.0 cm³/mol. The fourth-order valence-electron chi connectivity index (χ4n) is 2.81. The van der Waals surface area contributed by atoms with E-state index in [2.05, 4.69) is 0 Å². The van der Waals surface area contributed by atoms with E-state index in [0.29, 0.717) is 12.1 Å². The van der Waals surface area contributed by atoms with Gasteiger partial charge < -0.3 is 15.4 Å². The molecule has 122 valence electrons. The highest BCUT2D eigenvalue weighted by Crippen LogP contribution is 2.30. The first-order chi connectivity index (χ1) is 10.2. The van der Waals surface area contributed by atoms with E-state index >= 15 is 0 Å². The lowest BCUT2D eigenvalue weighted by Gasteiger charge is -2.31. The molecule has 1 saturated heterocycles. The van der Waals surface area contributed by atoms with Crippen molar-refractivity contribution in [3.8, 4) is 0 Å². The Bertz CT molecular complexity index is 554. The van der Waals surface area contributed by atoms with Gasteiger partial charge in [0.1, 0.15) is 11.4 Å². The highest BCUT2D eigenvalue weighted by Gasteiger charge is 2.36. The lowest BCUT2D eigenvalue weighted by molar-refractivity contribution is 0.0206. The second kappa shape index (κ2) is 6.24. The molecule has 1 aliphatic rings. The van der Waals surface area contributed by atoms with Gasteiger partial charge in [-0.05, 0) is 57.7 Å². The van der Waals surface area contributed by atoms with Gasteiger partial charge in [0, 0.05) is 6.54 Å². The van der Waals surface area contributed by atoms with Crippen molar-refractivity contribution in [2.75, 3.05) is 6.54 Å². The van der Waals surface area contributed by atoms with Crippen LogP contribution in [-0.4, -0.2) is 29.2 Å². The molecule has 0 radical (unpaired) electrons. The minimum absolute atomic E-state index is 0.111. The number of amides is 1. The Morgan fingerprint density at radius 1 is 1.45 bits per heavy atom. The molecular formula is C17H25FN2O2. The summed E-state index contributed by atoms with van der Waals surface area (Å²) in [5.74, 6) is -0.244. The van der Waals surface area contributed by atoms with Crippen LogP contribution in [0.1, 0.15) is 50.8 Å². The molecule has 1 fully saturated rings. The topological polar surface area (TPSA) is 55.6 Å².